The lowest BCUT2D eigenvalue weighted by atomic mass is 10.2. The Morgan fingerprint density at radius 1 is 1.14 bits per heavy atom. The second-order valence-electron chi connectivity index (χ2n) is 4.14. The molecule has 0 fully saturated rings. The highest BCUT2D eigenvalue weighted by Gasteiger charge is 1.99. The lowest BCUT2D eigenvalue weighted by Gasteiger charge is -2.04. The van der Waals surface area contributed by atoms with Gasteiger partial charge in [-0.05, 0) is 12.1 Å². The normalized spacial score (nSPS) is 9.62. The third-order valence-electron chi connectivity index (χ3n) is 2.73. The second-order valence-corrected chi connectivity index (χ2v) is 4.14. The van der Waals surface area contributed by atoms with Crippen LogP contribution in [-0.4, -0.2) is 23.8 Å². The molecule has 0 aliphatic carbocycles. The average molecular weight is 286 g/mol. The summed E-state index contributed by atoms with van der Waals surface area (Å²) in [4.78, 5) is 24.6. The van der Waals surface area contributed by atoms with Crippen molar-refractivity contribution >= 4 is 0 Å². The molecule has 1 aromatic heterocycles. The van der Waals surface area contributed by atoms with Crippen LogP contribution in [0.2, 0.25) is 0 Å². The molecule has 0 aliphatic heterocycles. The molecule has 0 saturated heterocycles. The topological polar surface area (TPSA) is 73.3 Å². The maximum Gasteiger partial charge on any atom is 0.329 e. The third kappa shape index (κ3) is 3.76. The fourth-order valence-corrected chi connectivity index (χ4v) is 1.68. The molecule has 2 aromatic rings. The molecular weight excluding hydrogens is 272 g/mol. The molecule has 0 radical (unpaired) electrons. The van der Waals surface area contributed by atoms with Gasteiger partial charge in [0.05, 0.1) is 20.8 Å². The van der Waals surface area contributed by atoms with Crippen LogP contribution in [0.1, 0.15) is 5.56 Å². The number of rotatable bonds is 3. The van der Waals surface area contributed by atoms with E-state index < -0.39 is 11.2 Å². The van der Waals surface area contributed by atoms with Crippen LogP contribution in [-0.2, 0) is 6.54 Å². The summed E-state index contributed by atoms with van der Waals surface area (Å²) in [5.41, 5.74) is -0.203. The largest absolute Gasteiger partial charge is 0.497 e. The number of aromatic amines is 1. The Hall–Kier alpha value is -2.94. The summed E-state index contributed by atoms with van der Waals surface area (Å²) in [7, 11) is 3.12. The minimum Gasteiger partial charge on any atom is -0.497 e. The third-order valence-corrected chi connectivity index (χ3v) is 2.73. The predicted molar refractivity (Wildman–Crippen MR) is 77.7 cm³/mol. The number of hydrogen-bond acceptors (Lipinski definition) is 4. The van der Waals surface area contributed by atoms with Crippen LogP contribution < -0.4 is 20.7 Å². The molecule has 108 valence electrons. The smallest absolute Gasteiger partial charge is 0.329 e. The number of ether oxygens (including phenoxy) is 2. The van der Waals surface area contributed by atoms with E-state index in [-0.39, 0.29) is 6.54 Å². The van der Waals surface area contributed by atoms with Gasteiger partial charge in [-0.1, -0.05) is 11.8 Å². The fourth-order valence-electron chi connectivity index (χ4n) is 1.68. The second kappa shape index (κ2) is 6.48. The molecule has 0 unspecified atom stereocenters. The SMILES string of the molecule is COc1cc(C#CCn2ccc(=O)[nH]c2=O)cc(OC)c1. The zero-order valence-electron chi connectivity index (χ0n) is 11.7. The molecule has 0 atom stereocenters. The molecule has 0 saturated carbocycles. The molecular formula is C15H14N2O4. The first-order valence-corrected chi connectivity index (χ1v) is 6.14. The van der Waals surface area contributed by atoms with Crippen LogP contribution in [0.5, 0.6) is 11.5 Å². The first-order chi connectivity index (χ1) is 10.1. The highest BCUT2D eigenvalue weighted by Crippen LogP contribution is 2.21. The lowest BCUT2D eigenvalue weighted by Crippen LogP contribution is -2.28. The summed E-state index contributed by atoms with van der Waals surface area (Å²) < 4.78 is 11.6. The van der Waals surface area contributed by atoms with Crippen molar-refractivity contribution in [2.45, 2.75) is 6.54 Å². The minimum absolute atomic E-state index is 0.176. The van der Waals surface area contributed by atoms with Gasteiger partial charge in [0.2, 0.25) is 0 Å². The molecule has 2 rings (SSSR count). The van der Waals surface area contributed by atoms with E-state index >= 15 is 0 Å². The van der Waals surface area contributed by atoms with Crippen molar-refractivity contribution in [1.82, 2.24) is 9.55 Å². The first-order valence-electron chi connectivity index (χ1n) is 6.14. The average Bonchev–Trinajstić information content (AvgIpc) is 2.49. The van der Waals surface area contributed by atoms with Gasteiger partial charge >= 0.3 is 5.69 Å². The van der Waals surface area contributed by atoms with Crippen molar-refractivity contribution < 1.29 is 9.47 Å². The summed E-state index contributed by atoms with van der Waals surface area (Å²) in [5.74, 6) is 7.06. The maximum absolute atomic E-state index is 11.5. The fraction of sp³-hybridized carbons (Fsp3) is 0.200. The Balaban J connectivity index is 2.23. The monoisotopic (exact) mass is 286 g/mol. The number of methoxy groups -OCH3 is 2. The molecule has 0 aliphatic rings. The standard InChI is InChI=1S/C15H14N2O4/c1-20-12-8-11(9-13(10-12)21-2)4-3-6-17-7-5-14(18)16-15(17)19/h5,7-10H,6H2,1-2H3,(H,16,18,19). The van der Waals surface area contributed by atoms with E-state index in [0.717, 1.165) is 0 Å². The van der Waals surface area contributed by atoms with Gasteiger partial charge in [-0.3, -0.25) is 14.3 Å². The van der Waals surface area contributed by atoms with Crippen LogP contribution in [0, 0.1) is 11.8 Å². The summed E-state index contributed by atoms with van der Waals surface area (Å²) in [6, 6.07) is 6.56. The van der Waals surface area contributed by atoms with E-state index in [0.29, 0.717) is 17.1 Å². The van der Waals surface area contributed by atoms with E-state index in [2.05, 4.69) is 16.8 Å². The quantitative estimate of drug-likeness (QED) is 0.839. The van der Waals surface area contributed by atoms with Gasteiger partial charge in [0.1, 0.15) is 11.5 Å². The summed E-state index contributed by atoms with van der Waals surface area (Å²) in [6.45, 7) is 0.176. The maximum atomic E-state index is 11.5. The number of H-pyrrole nitrogens is 1. The highest BCUT2D eigenvalue weighted by atomic mass is 16.5. The number of hydrogen-bond donors (Lipinski definition) is 1. The van der Waals surface area contributed by atoms with Gasteiger partial charge in [-0.15, -0.1) is 0 Å². The van der Waals surface area contributed by atoms with Gasteiger partial charge in [-0.25, -0.2) is 4.79 Å². The predicted octanol–water partition coefficient (Wildman–Crippen LogP) is 0.605. The number of nitrogens with one attached hydrogen (secondary N) is 1. The van der Waals surface area contributed by atoms with Gasteiger partial charge in [0.25, 0.3) is 5.56 Å². The summed E-state index contributed by atoms with van der Waals surface area (Å²) in [5, 5.41) is 0. The van der Waals surface area contributed by atoms with Gasteiger partial charge in [0, 0.05) is 23.9 Å². The van der Waals surface area contributed by atoms with Crippen molar-refractivity contribution in [3.8, 4) is 23.3 Å². The van der Waals surface area contributed by atoms with Gasteiger partial charge in [0.15, 0.2) is 0 Å². The van der Waals surface area contributed by atoms with Gasteiger partial charge in [-0.2, -0.15) is 0 Å². The van der Waals surface area contributed by atoms with Crippen molar-refractivity contribution in [3.63, 3.8) is 0 Å². The Bertz CT molecular complexity index is 786. The molecule has 0 bridgehead atoms. The molecule has 1 aromatic carbocycles. The molecule has 1 heterocycles. The van der Waals surface area contributed by atoms with E-state index in [4.69, 9.17) is 9.47 Å². The van der Waals surface area contributed by atoms with E-state index in [1.165, 1.54) is 16.8 Å². The van der Waals surface area contributed by atoms with Crippen LogP contribution in [0.25, 0.3) is 0 Å². The molecule has 1 N–H and O–H groups in total. The Labute approximate surface area is 121 Å². The molecule has 21 heavy (non-hydrogen) atoms. The van der Waals surface area contributed by atoms with Crippen LogP contribution in [0.4, 0.5) is 0 Å². The summed E-state index contributed by atoms with van der Waals surface area (Å²) in [6.07, 6.45) is 1.40. The Kier molecular flexibility index (Phi) is 4.46. The number of nitrogens with zero attached hydrogens (tertiary/aromatic N) is 1. The molecule has 0 spiro atoms. The lowest BCUT2D eigenvalue weighted by molar-refractivity contribution is 0.394. The first kappa shape index (κ1) is 14.5. The van der Waals surface area contributed by atoms with Crippen molar-refractivity contribution in [1.29, 1.82) is 0 Å². The van der Waals surface area contributed by atoms with E-state index in [1.807, 2.05) is 0 Å². The summed E-state index contributed by atoms with van der Waals surface area (Å²) >= 11 is 0. The van der Waals surface area contributed by atoms with Crippen molar-refractivity contribution in [2.24, 2.45) is 0 Å². The Morgan fingerprint density at radius 3 is 2.38 bits per heavy atom. The zero-order chi connectivity index (χ0) is 15.2. The number of aromatic nitrogens is 2. The molecule has 0 amide bonds. The van der Waals surface area contributed by atoms with Crippen LogP contribution in [0.3, 0.4) is 0 Å². The van der Waals surface area contributed by atoms with Gasteiger partial charge < -0.3 is 9.47 Å². The van der Waals surface area contributed by atoms with Crippen LogP contribution >= 0.6 is 0 Å². The van der Waals surface area contributed by atoms with Crippen LogP contribution in [0.15, 0.2) is 40.1 Å². The zero-order valence-corrected chi connectivity index (χ0v) is 11.7. The van der Waals surface area contributed by atoms with Crippen molar-refractivity contribution in [3.05, 3.63) is 56.9 Å². The van der Waals surface area contributed by atoms with E-state index in [1.54, 1.807) is 32.4 Å². The minimum atomic E-state index is -0.486. The number of benzene rings is 1. The van der Waals surface area contributed by atoms with Crippen molar-refractivity contribution in [2.75, 3.05) is 14.2 Å². The molecule has 6 nitrogen and oxygen atoms in total. The highest BCUT2D eigenvalue weighted by molar-refractivity contribution is 5.46. The Morgan fingerprint density at radius 2 is 1.81 bits per heavy atom. The molecule has 6 heteroatoms. The van der Waals surface area contributed by atoms with E-state index in [9.17, 15) is 9.59 Å².